The van der Waals surface area contributed by atoms with Crippen LogP contribution in [0.5, 0.6) is 5.75 Å². The van der Waals surface area contributed by atoms with E-state index >= 15 is 0 Å². The van der Waals surface area contributed by atoms with Gasteiger partial charge in [0.25, 0.3) is 0 Å². The van der Waals surface area contributed by atoms with Crippen LogP contribution in [0, 0.1) is 0 Å². The Bertz CT molecular complexity index is 931. The number of fused-ring (bicyclic) bond motifs is 1. The number of ether oxygens (including phenoxy) is 1. The van der Waals surface area contributed by atoms with Crippen molar-refractivity contribution in [3.05, 3.63) is 42.5 Å². The second-order valence-electron chi connectivity index (χ2n) is 11.0. The van der Waals surface area contributed by atoms with Gasteiger partial charge in [-0.2, -0.15) is 0 Å². The number of phosphoric ester groups is 1. The third-order valence-electron chi connectivity index (χ3n) is 7.40. The number of hydrogen-bond acceptors (Lipinski definition) is 6. The van der Waals surface area contributed by atoms with Gasteiger partial charge in [-0.3, -0.25) is 9.05 Å². The van der Waals surface area contributed by atoms with Crippen LogP contribution in [0.4, 0.5) is 0 Å². The molecular formula is C34H57O6P. The highest BCUT2D eigenvalue weighted by atomic mass is 31.2. The lowest BCUT2D eigenvalue weighted by Crippen LogP contribution is -2.08. The van der Waals surface area contributed by atoms with Crippen molar-refractivity contribution in [1.82, 2.24) is 0 Å². The smallest absolute Gasteiger partial charge is 0.379 e. The van der Waals surface area contributed by atoms with Crippen molar-refractivity contribution >= 4 is 18.6 Å². The molecule has 41 heavy (non-hydrogen) atoms. The van der Waals surface area contributed by atoms with E-state index in [4.69, 9.17) is 23.3 Å². The zero-order chi connectivity index (χ0) is 29.3. The fourth-order valence-electron chi connectivity index (χ4n) is 4.97. The monoisotopic (exact) mass is 592 g/mol. The summed E-state index contributed by atoms with van der Waals surface area (Å²) in [7, 11) is -3.90. The van der Waals surface area contributed by atoms with E-state index in [-0.39, 0.29) is 6.61 Å². The molecule has 0 spiro atoms. The maximum Gasteiger partial charge on any atom is 0.511 e. The topological polar surface area (TPSA) is 63.2 Å². The van der Waals surface area contributed by atoms with Crippen LogP contribution in [0.25, 0.3) is 10.8 Å². The van der Waals surface area contributed by atoms with Gasteiger partial charge in [0.1, 0.15) is 0 Å². The second-order valence-corrected chi connectivity index (χ2v) is 12.5. The molecule has 0 aliphatic carbocycles. The Hall–Kier alpha value is -1.43. The van der Waals surface area contributed by atoms with E-state index in [0.29, 0.717) is 25.6 Å². The minimum atomic E-state index is -3.90. The fraction of sp³-hybridized carbons (Fsp3) is 0.706. The summed E-state index contributed by atoms with van der Waals surface area (Å²) in [5.41, 5.74) is 0. The molecule has 0 saturated heterocycles. The highest BCUT2D eigenvalue weighted by Gasteiger charge is 2.29. The van der Waals surface area contributed by atoms with Crippen molar-refractivity contribution in [1.29, 1.82) is 0 Å². The highest BCUT2D eigenvalue weighted by Crippen LogP contribution is 2.50. The van der Waals surface area contributed by atoms with Gasteiger partial charge in [0, 0.05) is 12.0 Å². The Morgan fingerprint density at radius 2 is 1.07 bits per heavy atom. The molecule has 0 N–H and O–H groups in total. The first-order valence-electron chi connectivity index (χ1n) is 16.5. The minimum absolute atomic E-state index is 0.100. The van der Waals surface area contributed by atoms with Crippen molar-refractivity contribution in [2.45, 2.75) is 129 Å². The maximum atomic E-state index is 13.2. The summed E-state index contributed by atoms with van der Waals surface area (Å²) in [6.07, 6.45) is 23.7. The first kappa shape index (κ1) is 35.8. The molecule has 0 aliphatic heterocycles. The zero-order valence-corrected chi connectivity index (χ0v) is 26.9. The number of rotatable bonds is 28. The number of benzene rings is 2. The molecule has 0 aliphatic rings. The Balaban J connectivity index is 1.52. The van der Waals surface area contributed by atoms with Gasteiger partial charge in [-0.1, -0.05) is 157 Å². The third-order valence-corrected chi connectivity index (χ3v) is 8.65. The summed E-state index contributed by atoms with van der Waals surface area (Å²) in [6, 6.07) is 13.4. The number of hydrogen-bond donors (Lipinski definition) is 0. The maximum absolute atomic E-state index is 13.2. The Labute approximate surface area is 250 Å². The lowest BCUT2D eigenvalue weighted by molar-refractivity contribution is -0.132. The molecule has 2 aromatic carbocycles. The first-order chi connectivity index (χ1) is 20.2. The molecule has 0 bridgehead atoms. The molecular weight excluding hydrogens is 535 g/mol. The largest absolute Gasteiger partial charge is 0.511 e. The van der Waals surface area contributed by atoms with Crippen LogP contribution in [0.2, 0.25) is 0 Å². The summed E-state index contributed by atoms with van der Waals surface area (Å²) in [5, 5.41) is 1.86. The second kappa shape index (κ2) is 24.1. The molecule has 0 fully saturated rings. The summed E-state index contributed by atoms with van der Waals surface area (Å²) < 4.78 is 34.9. The zero-order valence-electron chi connectivity index (χ0n) is 26.0. The molecule has 0 amide bonds. The van der Waals surface area contributed by atoms with E-state index in [1.165, 1.54) is 96.3 Å². The van der Waals surface area contributed by atoms with Crippen LogP contribution in [-0.4, -0.2) is 26.4 Å². The summed E-state index contributed by atoms with van der Waals surface area (Å²) in [4.78, 5) is 5.48. The van der Waals surface area contributed by atoms with Crippen LogP contribution in [-0.2, 0) is 23.0 Å². The summed E-state index contributed by atoms with van der Waals surface area (Å²) in [6.45, 7) is 5.44. The van der Waals surface area contributed by atoms with E-state index in [0.717, 1.165) is 30.0 Å². The molecule has 1 unspecified atom stereocenters. The van der Waals surface area contributed by atoms with Crippen LogP contribution >= 0.6 is 7.82 Å². The van der Waals surface area contributed by atoms with Gasteiger partial charge in [0.05, 0.1) is 19.8 Å². The van der Waals surface area contributed by atoms with E-state index in [2.05, 4.69) is 6.92 Å². The van der Waals surface area contributed by atoms with Crippen molar-refractivity contribution in [2.75, 3.05) is 26.4 Å². The molecule has 0 radical (unpaired) electrons. The minimum Gasteiger partial charge on any atom is -0.379 e. The average Bonchev–Trinajstić information content (AvgIpc) is 2.99. The molecule has 2 aromatic rings. The molecule has 0 aromatic heterocycles. The van der Waals surface area contributed by atoms with E-state index in [1.807, 2.05) is 43.3 Å². The molecule has 6 nitrogen and oxygen atoms in total. The van der Waals surface area contributed by atoms with Crippen LogP contribution in [0.3, 0.4) is 0 Å². The Kier molecular flexibility index (Phi) is 21.0. The van der Waals surface area contributed by atoms with Crippen LogP contribution < -0.4 is 4.89 Å². The van der Waals surface area contributed by atoms with Gasteiger partial charge in [-0.25, -0.2) is 4.57 Å². The van der Waals surface area contributed by atoms with Gasteiger partial charge in [0.2, 0.25) is 0 Å². The third kappa shape index (κ3) is 17.3. The lowest BCUT2D eigenvalue weighted by atomic mass is 10.0. The standard InChI is InChI=1S/C34H57O6P/c1-3-5-6-7-8-9-10-11-12-13-14-15-16-17-18-19-20-23-29-37-41(35,38-31-30-36-4-2)40-39-34-28-24-26-32-25-21-22-27-33(32)34/h21-22,24-28H,3-20,23,29-31H2,1-2H3. The first-order valence-corrected chi connectivity index (χ1v) is 18.0. The highest BCUT2D eigenvalue weighted by molar-refractivity contribution is 7.48. The van der Waals surface area contributed by atoms with Crippen molar-refractivity contribution in [3.8, 4) is 5.75 Å². The van der Waals surface area contributed by atoms with Crippen LogP contribution in [0.15, 0.2) is 42.5 Å². The van der Waals surface area contributed by atoms with E-state index in [9.17, 15) is 4.57 Å². The quantitative estimate of drug-likeness (QED) is 0.0424. The van der Waals surface area contributed by atoms with Crippen molar-refractivity contribution < 1.29 is 27.9 Å². The Morgan fingerprint density at radius 3 is 1.66 bits per heavy atom. The van der Waals surface area contributed by atoms with Gasteiger partial charge in [-0.05, 0) is 24.8 Å². The molecule has 0 heterocycles. The van der Waals surface area contributed by atoms with Gasteiger partial charge < -0.3 is 9.62 Å². The van der Waals surface area contributed by atoms with E-state index < -0.39 is 7.82 Å². The van der Waals surface area contributed by atoms with Crippen LogP contribution in [0.1, 0.15) is 129 Å². The van der Waals surface area contributed by atoms with Gasteiger partial charge in [0.15, 0.2) is 5.75 Å². The molecule has 7 heteroatoms. The normalized spacial score (nSPS) is 13.0. The van der Waals surface area contributed by atoms with Gasteiger partial charge in [-0.15, -0.1) is 0 Å². The number of unbranched alkanes of at least 4 members (excludes halogenated alkanes) is 17. The van der Waals surface area contributed by atoms with Gasteiger partial charge >= 0.3 is 7.82 Å². The predicted molar refractivity (Wildman–Crippen MR) is 170 cm³/mol. The Morgan fingerprint density at radius 1 is 0.561 bits per heavy atom. The van der Waals surface area contributed by atoms with Crippen molar-refractivity contribution in [3.63, 3.8) is 0 Å². The fourth-order valence-corrected chi connectivity index (χ4v) is 5.95. The predicted octanol–water partition coefficient (Wildman–Crippen LogP) is 11.4. The lowest BCUT2D eigenvalue weighted by Gasteiger charge is -2.17. The summed E-state index contributed by atoms with van der Waals surface area (Å²) in [5.74, 6) is 0.466. The molecule has 1 atom stereocenters. The SMILES string of the molecule is CCCCCCCCCCCCCCCCCCCCOP(=O)(OCCOCC)OOc1cccc2ccccc12. The van der Waals surface area contributed by atoms with Crippen molar-refractivity contribution in [2.24, 2.45) is 0 Å². The van der Waals surface area contributed by atoms with E-state index in [1.54, 1.807) is 6.07 Å². The molecule has 0 saturated carbocycles. The average molecular weight is 593 g/mol. The summed E-state index contributed by atoms with van der Waals surface area (Å²) >= 11 is 0. The molecule has 2 rings (SSSR count). The molecule has 234 valence electrons. The number of phosphoric acid groups is 1.